The molecule has 1 aliphatic rings. The molecule has 30 heavy (non-hydrogen) atoms. The van der Waals surface area contributed by atoms with Crippen molar-refractivity contribution in [2.24, 2.45) is 5.92 Å². The molecule has 0 radical (unpaired) electrons. The number of ether oxygens (including phenoxy) is 2. The molecule has 1 aliphatic heterocycles. The molecular formula is C23H27FN2O4. The van der Waals surface area contributed by atoms with Crippen LogP contribution in [0.1, 0.15) is 28.8 Å². The summed E-state index contributed by atoms with van der Waals surface area (Å²) in [6.45, 7) is 1.43. The van der Waals surface area contributed by atoms with Crippen molar-refractivity contribution in [2.75, 3.05) is 33.9 Å². The summed E-state index contributed by atoms with van der Waals surface area (Å²) in [5, 5.41) is 2.97. The molecule has 1 fully saturated rings. The van der Waals surface area contributed by atoms with Crippen LogP contribution in [0, 0.1) is 11.7 Å². The normalized spacial score (nSPS) is 16.1. The Labute approximate surface area is 176 Å². The summed E-state index contributed by atoms with van der Waals surface area (Å²) in [7, 11) is 3.22. The monoisotopic (exact) mass is 414 g/mol. The summed E-state index contributed by atoms with van der Waals surface area (Å²) in [6.07, 6.45) is 2.10. The van der Waals surface area contributed by atoms with Crippen LogP contribution in [-0.2, 0) is 11.2 Å². The molecule has 0 saturated carbocycles. The van der Waals surface area contributed by atoms with Crippen molar-refractivity contribution in [3.8, 4) is 11.5 Å². The first-order valence-electron chi connectivity index (χ1n) is 10.0. The van der Waals surface area contributed by atoms with Crippen LogP contribution in [-0.4, -0.2) is 50.6 Å². The first-order valence-corrected chi connectivity index (χ1v) is 10.0. The second-order valence-corrected chi connectivity index (χ2v) is 7.32. The van der Waals surface area contributed by atoms with Crippen molar-refractivity contribution < 1.29 is 23.5 Å². The molecule has 2 aromatic carbocycles. The van der Waals surface area contributed by atoms with Gasteiger partial charge in [0, 0.05) is 25.2 Å². The lowest BCUT2D eigenvalue weighted by Gasteiger charge is -2.32. The van der Waals surface area contributed by atoms with Gasteiger partial charge in [0.05, 0.1) is 20.1 Å². The number of hydrogen-bond donors (Lipinski definition) is 1. The van der Waals surface area contributed by atoms with Gasteiger partial charge in [-0.3, -0.25) is 9.59 Å². The summed E-state index contributed by atoms with van der Waals surface area (Å²) in [4.78, 5) is 27.0. The van der Waals surface area contributed by atoms with Crippen LogP contribution in [0.3, 0.4) is 0 Å². The van der Waals surface area contributed by atoms with Gasteiger partial charge >= 0.3 is 0 Å². The van der Waals surface area contributed by atoms with Gasteiger partial charge in [0.25, 0.3) is 5.91 Å². The Hall–Kier alpha value is -3.09. The molecule has 1 atom stereocenters. The number of benzene rings is 2. The van der Waals surface area contributed by atoms with E-state index < -0.39 is 0 Å². The molecular weight excluding hydrogens is 387 g/mol. The van der Waals surface area contributed by atoms with Crippen molar-refractivity contribution in [3.63, 3.8) is 0 Å². The van der Waals surface area contributed by atoms with E-state index in [4.69, 9.17) is 9.47 Å². The van der Waals surface area contributed by atoms with Crippen molar-refractivity contribution in [1.29, 1.82) is 0 Å². The molecule has 0 spiro atoms. The molecule has 160 valence electrons. The highest BCUT2D eigenvalue weighted by molar-refractivity contribution is 5.94. The van der Waals surface area contributed by atoms with E-state index in [-0.39, 0.29) is 23.5 Å². The number of likely N-dealkylation sites (tertiary alicyclic amines) is 1. The Kier molecular flexibility index (Phi) is 7.27. The Morgan fingerprint density at radius 1 is 1.13 bits per heavy atom. The van der Waals surface area contributed by atoms with Gasteiger partial charge in [-0.25, -0.2) is 4.39 Å². The molecule has 1 unspecified atom stereocenters. The SMILES string of the molecule is COc1ccc(OC)c(CCNC(=O)C2CCCN(C(=O)c3ccc(F)cc3)C2)c1. The van der Waals surface area contributed by atoms with Crippen molar-refractivity contribution in [2.45, 2.75) is 19.3 Å². The van der Waals surface area contributed by atoms with Crippen LogP contribution in [0.25, 0.3) is 0 Å². The fourth-order valence-electron chi connectivity index (χ4n) is 3.69. The van der Waals surface area contributed by atoms with E-state index in [1.807, 2.05) is 18.2 Å². The molecule has 7 heteroatoms. The lowest BCUT2D eigenvalue weighted by Crippen LogP contribution is -2.45. The molecule has 2 aromatic rings. The van der Waals surface area contributed by atoms with Gasteiger partial charge in [0.1, 0.15) is 17.3 Å². The number of methoxy groups -OCH3 is 2. The number of nitrogens with zero attached hydrogens (tertiary/aromatic N) is 1. The van der Waals surface area contributed by atoms with Crippen molar-refractivity contribution in [3.05, 3.63) is 59.4 Å². The molecule has 1 saturated heterocycles. The average Bonchev–Trinajstić information content (AvgIpc) is 2.79. The summed E-state index contributed by atoms with van der Waals surface area (Å²) >= 11 is 0. The summed E-state index contributed by atoms with van der Waals surface area (Å²) in [5.41, 5.74) is 1.39. The molecule has 6 nitrogen and oxygen atoms in total. The highest BCUT2D eigenvalue weighted by Crippen LogP contribution is 2.24. The number of amides is 2. The maximum atomic E-state index is 13.1. The molecule has 1 N–H and O–H groups in total. The number of halogens is 1. The highest BCUT2D eigenvalue weighted by atomic mass is 19.1. The third-order valence-electron chi connectivity index (χ3n) is 5.35. The Morgan fingerprint density at radius 3 is 2.60 bits per heavy atom. The van der Waals surface area contributed by atoms with Crippen molar-refractivity contribution in [1.82, 2.24) is 10.2 Å². The van der Waals surface area contributed by atoms with E-state index in [1.165, 1.54) is 24.3 Å². The second-order valence-electron chi connectivity index (χ2n) is 7.32. The standard InChI is InChI=1S/C23H27FN2O4/c1-29-20-9-10-21(30-2)17(14-20)11-12-25-22(27)18-4-3-13-26(15-18)23(28)16-5-7-19(24)8-6-16/h5-10,14,18H,3-4,11-13,15H2,1-2H3,(H,25,27). The molecule has 0 aromatic heterocycles. The fourth-order valence-corrected chi connectivity index (χ4v) is 3.69. The highest BCUT2D eigenvalue weighted by Gasteiger charge is 2.28. The molecule has 2 amide bonds. The quantitative estimate of drug-likeness (QED) is 0.756. The van der Waals surface area contributed by atoms with E-state index in [1.54, 1.807) is 19.1 Å². The molecule has 0 aliphatic carbocycles. The van der Waals surface area contributed by atoms with E-state index in [0.717, 1.165) is 29.9 Å². The summed E-state index contributed by atoms with van der Waals surface area (Å²) in [5.74, 6) is 0.616. The lowest BCUT2D eigenvalue weighted by atomic mass is 9.96. The first-order chi connectivity index (χ1) is 14.5. The Morgan fingerprint density at radius 2 is 1.90 bits per heavy atom. The second kappa shape index (κ2) is 10.1. The topological polar surface area (TPSA) is 67.9 Å². The van der Waals surface area contributed by atoms with Crippen LogP contribution in [0.2, 0.25) is 0 Å². The minimum atomic E-state index is -0.380. The molecule has 1 heterocycles. The van der Waals surface area contributed by atoms with Crippen LogP contribution in [0.4, 0.5) is 4.39 Å². The van der Waals surface area contributed by atoms with Crippen LogP contribution < -0.4 is 14.8 Å². The third kappa shape index (κ3) is 5.28. The van der Waals surface area contributed by atoms with Crippen LogP contribution in [0.15, 0.2) is 42.5 Å². The van der Waals surface area contributed by atoms with Gasteiger partial charge in [-0.2, -0.15) is 0 Å². The van der Waals surface area contributed by atoms with Crippen molar-refractivity contribution >= 4 is 11.8 Å². The van der Waals surface area contributed by atoms with Gasteiger partial charge in [-0.15, -0.1) is 0 Å². The number of carbonyl (C=O) groups excluding carboxylic acids is 2. The zero-order valence-corrected chi connectivity index (χ0v) is 17.3. The van der Waals surface area contributed by atoms with Crippen LogP contribution in [0.5, 0.6) is 11.5 Å². The van der Waals surface area contributed by atoms with Gasteiger partial charge in [-0.05, 0) is 67.3 Å². The predicted octanol–water partition coefficient (Wildman–Crippen LogP) is 3.05. The first kappa shape index (κ1) is 21.6. The van der Waals surface area contributed by atoms with Gasteiger partial charge in [-0.1, -0.05) is 0 Å². The molecule has 0 bridgehead atoms. The van der Waals surface area contributed by atoms with Gasteiger partial charge < -0.3 is 19.7 Å². The van der Waals surface area contributed by atoms with E-state index >= 15 is 0 Å². The Balaban J connectivity index is 1.54. The van der Waals surface area contributed by atoms with Gasteiger partial charge in [0.15, 0.2) is 0 Å². The minimum Gasteiger partial charge on any atom is -0.497 e. The summed E-state index contributed by atoms with van der Waals surface area (Å²) < 4.78 is 23.7. The number of hydrogen-bond acceptors (Lipinski definition) is 4. The third-order valence-corrected chi connectivity index (χ3v) is 5.35. The minimum absolute atomic E-state index is 0.0616. The maximum absolute atomic E-state index is 13.1. The van der Waals surface area contributed by atoms with E-state index in [2.05, 4.69) is 5.32 Å². The average molecular weight is 414 g/mol. The fraction of sp³-hybridized carbons (Fsp3) is 0.391. The number of carbonyl (C=O) groups is 2. The zero-order chi connectivity index (χ0) is 21.5. The molecule has 3 rings (SSSR count). The lowest BCUT2D eigenvalue weighted by molar-refractivity contribution is -0.126. The smallest absolute Gasteiger partial charge is 0.253 e. The number of rotatable bonds is 7. The number of nitrogens with one attached hydrogen (secondary N) is 1. The number of piperidine rings is 1. The van der Waals surface area contributed by atoms with E-state index in [9.17, 15) is 14.0 Å². The Bertz CT molecular complexity index is 885. The summed E-state index contributed by atoms with van der Waals surface area (Å²) in [6, 6.07) is 11.1. The largest absolute Gasteiger partial charge is 0.497 e. The predicted molar refractivity (Wildman–Crippen MR) is 111 cm³/mol. The van der Waals surface area contributed by atoms with E-state index in [0.29, 0.717) is 31.6 Å². The van der Waals surface area contributed by atoms with Crippen LogP contribution >= 0.6 is 0 Å². The maximum Gasteiger partial charge on any atom is 0.253 e. The zero-order valence-electron chi connectivity index (χ0n) is 17.3. The van der Waals surface area contributed by atoms with Gasteiger partial charge in [0.2, 0.25) is 5.91 Å².